The number of hydrogen-bond donors (Lipinski definition) is 0. The molecule has 2 aromatic rings. The summed E-state index contributed by atoms with van der Waals surface area (Å²) in [5, 5.41) is 0. The Kier molecular flexibility index (Phi) is 2.95. The van der Waals surface area contributed by atoms with Crippen LogP contribution in [0.25, 0.3) is 5.52 Å². The molecule has 0 fully saturated rings. The third kappa shape index (κ3) is 2.66. The molecule has 0 saturated carbocycles. The largest absolute Gasteiger partial charge is 0.456 e. The number of ether oxygens (including phenoxy) is 1. The number of fused-ring (bicyclic) bond motifs is 1. The molecule has 0 atom stereocenters. The van der Waals surface area contributed by atoms with Gasteiger partial charge in [-0.2, -0.15) is 0 Å². The molecule has 2 heterocycles. The lowest BCUT2D eigenvalue weighted by Gasteiger charge is -2.19. The van der Waals surface area contributed by atoms with Crippen LogP contribution in [-0.2, 0) is 4.74 Å². The summed E-state index contributed by atoms with van der Waals surface area (Å²) in [6.07, 6.45) is 3.46. The Hall–Kier alpha value is -1.36. The van der Waals surface area contributed by atoms with Crippen molar-refractivity contribution < 1.29 is 9.53 Å². The van der Waals surface area contributed by atoms with Crippen molar-refractivity contribution in [1.29, 1.82) is 0 Å². The van der Waals surface area contributed by atoms with Crippen LogP contribution in [0.3, 0.4) is 0 Å². The summed E-state index contributed by atoms with van der Waals surface area (Å²) in [4.78, 5) is 16.0. The molecule has 0 N–H and O–H groups in total. The quantitative estimate of drug-likeness (QED) is 0.760. The maximum atomic E-state index is 11.9. The number of rotatable bonds is 1. The molecule has 2 rings (SSSR count). The average Bonchev–Trinajstić information content (AvgIpc) is 2.57. The van der Waals surface area contributed by atoms with Crippen molar-refractivity contribution in [3.8, 4) is 0 Å². The van der Waals surface area contributed by atoms with Crippen LogP contribution >= 0.6 is 15.9 Å². The van der Waals surface area contributed by atoms with Crippen molar-refractivity contribution in [2.45, 2.75) is 26.4 Å². The monoisotopic (exact) mass is 296 g/mol. The summed E-state index contributed by atoms with van der Waals surface area (Å²) in [5.41, 5.74) is 0.878. The Bertz CT molecular complexity index is 569. The van der Waals surface area contributed by atoms with Crippen LogP contribution in [0.1, 0.15) is 31.1 Å². The molecule has 5 heteroatoms. The highest BCUT2D eigenvalue weighted by Crippen LogP contribution is 2.19. The maximum absolute atomic E-state index is 11.9. The van der Waals surface area contributed by atoms with Gasteiger partial charge in [0, 0.05) is 6.20 Å². The number of carbonyl (C=O) groups excluding carboxylic acids is 1. The Labute approximate surface area is 108 Å². The number of carbonyl (C=O) groups is 1. The van der Waals surface area contributed by atoms with Crippen LogP contribution in [0.4, 0.5) is 0 Å². The average molecular weight is 297 g/mol. The molecular formula is C12H13BrN2O2. The van der Waals surface area contributed by atoms with E-state index in [1.54, 1.807) is 24.7 Å². The van der Waals surface area contributed by atoms with E-state index in [-0.39, 0.29) is 5.97 Å². The predicted octanol–water partition coefficient (Wildman–Crippen LogP) is 3.05. The summed E-state index contributed by atoms with van der Waals surface area (Å²) in [5.74, 6) is -0.326. The van der Waals surface area contributed by atoms with E-state index < -0.39 is 5.60 Å². The smallest absolute Gasteiger partial charge is 0.338 e. The zero-order chi connectivity index (χ0) is 12.6. The molecule has 0 unspecified atom stereocenters. The fourth-order valence-electron chi connectivity index (χ4n) is 1.42. The zero-order valence-electron chi connectivity index (χ0n) is 9.90. The topological polar surface area (TPSA) is 43.6 Å². The Morgan fingerprint density at radius 2 is 2.18 bits per heavy atom. The number of imidazole rings is 1. The van der Waals surface area contributed by atoms with E-state index in [9.17, 15) is 4.79 Å². The second-order valence-corrected chi connectivity index (χ2v) is 5.50. The van der Waals surface area contributed by atoms with E-state index in [1.165, 1.54) is 0 Å². The van der Waals surface area contributed by atoms with Gasteiger partial charge in [-0.05, 0) is 48.8 Å². The van der Waals surface area contributed by atoms with Crippen LogP contribution in [0.2, 0.25) is 0 Å². The highest BCUT2D eigenvalue weighted by atomic mass is 79.9. The minimum Gasteiger partial charge on any atom is -0.456 e. The van der Waals surface area contributed by atoms with Crippen LogP contribution in [0.15, 0.2) is 29.3 Å². The van der Waals surface area contributed by atoms with Crippen LogP contribution < -0.4 is 0 Å². The first-order valence-corrected chi connectivity index (χ1v) is 6.02. The molecule has 4 nitrogen and oxygen atoms in total. The minimum absolute atomic E-state index is 0.326. The molecule has 0 aliphatic carbocycles. The molecule has 0 aliphatic heterocycles. The molecule has 0 amide bonds. The van der Waals surface area contributed by atoms with Gasteiger partial charge in [-0.15, -0.1) is 0 Å². The zero-order valence-corrected chi connectivity index (χ0v) is 11.5. The molecule has 0 bridgehead atoms. The van der Waals surface area contributed by atoms with Gasteiger partial charge in [0.1, 0.15) is 16.5 Å². The van der Waals surface area contributed by atoms with Crippen molar-refractivity contribution in [1.82, 2.24) is 9.38 Å². The first kappa shape index (κ1) is 12.1. The van der Waals surface area contributed by atoms with Crippen LogP contribution in [-0.4, -0.2) is 21.0 Å². The van der Waals surface area contributed by atoms with Gasteiger partial charge in [-0.25, -0.2) is 9.78 Å². The molecular weight excluding hydrogens is 284 g/mol. The van der Waals surface area contributed by atoms with Crippen molar-refractivity contribution in [2.75, 3.05) is 0 Å². The first-order chi connectivity index (χ1) is 7.87. The Morgan fingerprint density at radius 3 is 2.82 bits per heavy atom. The molecule has 0 saturated heterocycles. The molecule has 0 aliphatic rings. The number of halogens is 1. The van der Waals surface area contributed by atoms with Gasteiger partial charge in [-0.3, -0.25) is 0 Å². The highest BCUT2D eigenvalue weighted by Gasteiger charge is 2.18. The number of aromatic nitrogens is 2. The molecule has 17 heavy (non-hydrogen) atoms. The fourth-order valence-corrected chi connectivity index (χ4v) is 1.83. The molecule has 2 aromatic heterocycles. The fraction of sp³-hybridized carbons (Fsp3) is 0.333. The maximum Gasteiger partial charge on any atom is 0.338 e. The molecule has 90 valence electrons. The summed E-state index contributed by atoms with van der Waals surface area (Å²) < 4.78 is 7.85. The summed E-state index contributed by atoms with van der Waals surface area (Å²) >= 11 is 3.33. The van der Waals surface area contributed by atoms with E-state index in [0.29, 0.717) is 10.2 Å². The van der Waals surface area contributed by atoms with Crippen molar-refractivity contribution in [3.63, 3.8) is 0 Å². The predicted molar refractivity (Wildman–Crippen MR) is 68.1 cm³/mol. The minimum atomic E-state index is -0.485. The van der Waals surface area contributed by atoms with Gasteiger partial charge in [0.15, 0.2) is 0 Å². The number of pyridine rings is 1. The van der Waals surface area contributed by atoms with E-state index in [0.717, 1.165) is 5.52 Å². The van der Waals surface area contributed by atoms with Gasteiger partial charge in [0.2, 0.25) is 0 Å². The number of hydrogen-bond acceptors (Lipinski definition) is 3. The van der Waals surface area contributed by atoms with E-state index in [4.69, 9.17) is 4.74 Å². The number of esters is 1. The molecule has 0 spiro atoms. The van der Waals surface area contributed by atoms with Gasteiger partial charge in [0.25, 0.3) is 0 Å². The standard InChI is InChI=1S/C12H13BrN2O2/c1-12(2,3)17-11(16)8-4-5-15-7-14-10(13)9(15)6-8/h4-7H,1-3H3. The normalized spacial score (nSPS) is 11.8. The summed E-state index contributed by atoms with van der Waals surface area (Å²) in [6.45, 7) is 5.54. The van der Waals surface area contributed by atoms with Gasteiger partial charge >= 0.3 is 5.97 Å². The summed E-state index contributed by atoms with van der Waals surface area (Å²) in [7, 11) is 0. The molecule has 0 radical (unpaired) electrons. The Balaban J connectivity index is 2.36. The van der Waals surface area contributed by atoms with Gasteiger partial charge < -0.3 is 9.14 Å². The van der Waals surface area contributed by atoms with Crippen molar-refractivity contribution in [3.05, 3.63) is 34.8 Å². The third-order valence-corrected chi connectivity index (χ3v) is 2.74. The van der Waals surface area contributed by atoms with Crippen molar-refractivity contribution >= 4 is 27.4 Å². The first-order valence-electron chi connectivity index (χ1n) is 5.22. The second-order valence-electron chi connectivity index (χ2n) is 4.75. The third-order valence-electron chi connectivity index (χ3n) is 2.13. The summed E-state index contributed by atoms with van der Waals surface area (Å²) in [6, 6.07) is 3.47. The van der Waals surface area contributed by atoms with Gasteiger partial charge in [0.05, 0.1) is 11.1 Å². The molecule has 0 aromatic carbocycles. The van der Waals surface area contributed by atoms with E-state index in [2.05, 4.69) is 20.9 Å². The van der Waals surface area contributed by atoms with Crippen molar-refractivity contribution in [2.24, 2.45) is 0 Å². The lowest BCUT2D eigenvalue weighted by Crippen LogP contribution is -2.23. The van der Waals surface area contributed by atoms with E-state index in [1.807, 2.05) is 25.2 Å². The lowest BCUT2D eigenvalue weighted by molar-refractivity contribution is 0.00695. The Morgan fingerprint density at radius 1 is 1.47 bits per heavy atom. The van der Waals surface area contributed by atoms with Crippen LogP contribution in [0.5, 0.6) is 0 Å². The van der Waals surface area contributed by atoms with E-state index >= 15 is 0 Å². The second kappa shape index (κ2) is 4.14. The van der Waals surface area contributed by atoms with Crippen LogP contribution in [0, 0.1) is 0 Å². The number of nitrogens with zero attached hydrogens (tertiary/aromatic N) is 2. The highest BCUT2D eigenvalue weighted by molar-refractivity contribution is 9.10. The SMILES string of the molecule is CC(C)(C)OC(=O)c1ccn2cnc(Br)c2c1. The van der Waals surface area contributed by atoms with Gasteiger partial charge in [-0.1, -0.05) is 0 Å². The lowest BCUT2D eigenvalue weighted by atomic mass is 10.2.